The average molecular weight is 343 g/mol. The van der Waals surface area contributed by atoms with E-state index in [-0.39, 0.29) is 5.91 Å². The summed E-state index contributed by atoms with van der Waals surface area (Å²) in [6.45, 7) is 4.28. The van der Waals surface area contributed by atoms with E-state index in [4.69, 9.17) is 14.2 Å². The zero-order valence-electron chi connectivity index (χ0n) is 14.5. The molecule has 7 heteroatoms. The Balaban J connectivity index is 2.18. The number of ether oxygens (including phenoxy) is 3. The number of benzene rings is 1. The minimum absolute atomic E-state index is 0.335. The summed E-state index contributed by atoms with van der Waals surface area (Å²) in [6, 6.07) is 6.69. The molecule has 1 aromatic heterocycles. The van der Waals surface area contributed by atoms with Crippen molar-refractivity contribution in [2.75, 3.05) is 38.5 Å². The minimum atomic E-state index is -0.335. The van der Waals surface area contributed by atoms with Gasteiger partial charge in [0.2, 0.25) is 5.75 Å². The van der Waals surface area contributed by atoms with Gasteiger partial charge in [-0.25, -0.2) is 4.98 Å². The van der Waals surface area contributed by atoms with Gasteiger partial charge in [0.1, 0.15) is 5.82 Å². The first-order valence-electron chi connectivity index (χ1n) is 7.55. The van der Waals surface area contributed by atoms with Crippen molar-refractivity contribution in [2.45, 2.75) is 0 Å². The maximum atomic E-state index is 12.5. The Morgan fingerprint density at radius 2 is 1.84 bits per heavy atom. The van der Waals surface area contributed by atoms with Crippen LogP contribution in [0.25, 0.3) is 0 Å². The molecule has 0 radical (unpaired) electrons. The molecular weight excluding hydrogens is 322 g/mol. The van der Waals surface area contributed by atoms with Crippen molar-refractivity contribution in [1.29, 1.82) is 0 Å². The Labute approximate surface area is 146 Å². The topological polar surface area (TPSA) is 81.7 Å². The highest BCUT2D eigenvalue weighted by molar-refractivity contribution is 6.04. The van der Waals surface area contributed by atoms with E-state index in [0.717, 1.165) is 5.69 Å². The summed E-state index contributed by atoms with van der Waals surface area (Å²) in [4.78, 5) is 16.7. The Kier molecular flexibility index (Phi) is 6.22. The van der Waals surface area contributed by atoms with Crippen molar-refractivity contribution in [3.05, 3.63) is 48.7 Å². The molecule has 1 aromatic carbocycles. The van der Waals surface area contributed by atoms with Crippen LogP contribution in [0.4, 0.5) is 11.5 Å². The van der Waals surface area contributed by atoms with Crippen LogP contribution in [0.3, 0.4) is 0 Å². The Hall–Kier alpha value is -3.22. The first-order valence-corrected chi connectivity index (χ1v) is 7.55. The van der Waals surface area contributed by atoms with Gasteiger partial charge in [0, 0.05) is 12.1 Å². The molecule has 2 rings (SSSR count). The normalized spacial score (nSPS) is 9.88. The van der Waals surface area contributed by atoms with Crippen molar-refractivity contribution in [3.8, 4) is 17.2 Å². The van der Waals surface area contributed by atoms with Crippen LogP contribution >= 0.6 is 0 Å². The van der Waals surface area contributed by atoms with Crippen LogP contribution in [0.15, 0.2) is 43.1 Å². The smallest absolute Gasteiger partial charge is 0.257 e. The molecule has 0 unspecified atom stereocenters. The molecule has 0 bridgehead atoms. The molecule has 0 spiro atoms. The predicted octanol–water partition coefficient (Wildman–Crippen LogP) is 2.96. The highest BCUT2D eigenvalue weighted by Gasteiger charge is 2.17. The van der Waals surface area contributed by atoms with Crippen LogP contribution in [-0.4, -0.2) is 38.8 Å². The number of carbonyl (C=O) groups is 1. The fourth-order valence-corrected chi connectivity index (χ4v) is 2.16. The lowest BCUT2D eigenvalue weighted by Gasteiger charge is -2.14. The fourth-order valence-electron chi connectivity index (χ4n) is 2.16. The lowest BCUT2D eigenvalue weighted by Crippen LogP contribution is -2.13. The number of rotatable bonds is 8. The summed E-state index contributed by atoms with van der Waals surface area (Å²) in [5, 5.41) is 5.84. The number of aromatic nitrogens is 1. The van der Waals surface area contributed by atoms with E-state index in [1.807, 2.05) is 6.07 Å². The van der Waals surface area contributed by atoms with Crippen LogP contribution in [0.2, 0.25) is 0 Å². The first kappa shape index (κ1) is 18.1. The largest absolute Gasteiger partial charge is 0.493 e. The maximum Gasteiger partial charge on any atom is 0.257 e. The molecule has 25 heavy (non-hydrogen) atoms. The van der Waals surface area contributed by atoms with E-state index < -0.39 is 0 Å². The van der Waals surface area contributed by atoms with Gasteiger partial charge < -0.3 is 24.8 Å². The minimum Gasteiger partial charge on any atom is -0.493 e. The highest BCUT2D eigenvalue weighted by Crippen LogP contribution is 2.38. The van der Waals surface area contributed by atoms with Crippen molar-refractivity contribution in [3.63, 3.8) is 0 Å². The van der Waals surface area contributed by atoms with Crippen LogP contribution in [0, 0.1) is 0 Å². The molecule has 0 saturated heterocycles. The monoisotopic (exact) mass is 343 g/mol. The third kappa shape index (κ3) is 4.41. The van der Waals surface area contributed by atoms with Gasteiger partial charge in [-0.05, 0) is 24.3 Å². The van der Waals surface area contributed by atoms with Gasteiger partial charge >= 0.3 is 0 Å². The number of amides is 1. The van der Waals surface area contributed by atoms with Crippen molar-refractivity contribution >= 4 is 17.4 Å². The maximum absolute atomic E-state index is 12.5. The van der Waals surface area contributed by atoms with Gasteiger partial charge in [-0.2, -0.15) is 0 Å². The number of hydrogen-bond donors (Lipinski definition) is 2. The van der Waals surface area contributed by atoms with E-state index in [1.54, 1.807) is 30.5 Å². The predicted molar refractivity (Wildman–Crippen MR) is 97.0 cm³/mol. The molecule has 0 fully saturated rings. The van der Waals surface area contributed by atoms with E-state index >= 15 is 0 Å². The third-order valence-corrected chi connectivity index (χ3v) is 3.38. The quantitative estimate of drug-likeness (QED) is 0.717. The van der Waals surface area contributed by atoms with Gasteiger partial charge in [-0.3, -0.25) is 4.79 Å². The molecule has 0 aliphatic carbocycles. The standard InChI is InChI=1S/C18H21N3O4/c1-5-8-19-13-6-7-16(20-11-13)21-18(22)12-9-14(23-2)17(25-4)15(10-12)24-3/h5-7,9-11,19H,1,8H2,2-4H3,(H,20,21,22). The Morgan fingerprint density at radius 3 is 2.32 bits per heavy atom. The number of nitrogens with zero attached hydrogens (tertiary/aromatic N) is 1. The number of hydrogen-bond acceptors (Lipinski definition) is 6. The van der Waals surface area contributed by atoms with Crippen molar-refractivity contribution in [2.24, 2.45) is 0 Å². The van der Waals surface area contributed by atoms with Crippen molar-refractivity contribution in [1.82, 2.24) is 4.98 Å². The second-order valence-electron chi connectivity index (χ2n) is 4.97. The number of pyridine rings is 1. The Morgan fingerprint density at radius 1 is 1.16 bits per heavy atom. The summed E-state index contributed by atoms with van der Waals surface area (Å²) in [5.74, 6) is 1.34. The van der Waals surface area contributed by atoms with Crippen LogP contribution in [0.1, 0.15) is 10.4 Å². The second-order valence-corrected chi connectivity index (χ2v) is 4.97. The molecule has 2 N–H and O–H groups in total. The molecular formula is C18H21N3O4. The van der Waals surface area contributed by atoms with E-state index in [1.165, 1.54) is 21.3 Å². The van der Waals surface area contributed by atoms with Crippen LogP contribution < -0.4 is 24.8 Å². The molecule has 0 saturated carbocycles. The molecule has 0 aliphatic rings. The third-order valence-electron chi connectivity index (χ3n) is 3.38. The molecule has 132 valence electrons. The first-order chi connectivity index (χ1) is 12.1. The van der Waals surface area contributed by atoms with Gasteiger partial charge in [0.15, 0.2) is 11.5 Å². The number of methoxy groups -OCH3 is 3. The summed E-state index contributed by atoms with van der Waals surface area (Å²) in [6.07, 6.45) is 3.38. The van der Waals surface area contributed by atoms with Gasteiger partial charge in [-0.15, -0.1) is 6.58 Å². The zero-order valence-corrected chi connectivity index (χ0v) is 14.5. The molecule has 7 nitrogen and oxygen atoms in total. The molecule has 1 heterocycles. The number of nitrogens with one attached hydrogen (secondary N) is 2. The lowest BCUT2D eigenvalue weighted by atomic mass is 10.1. The van der Waals surface area contributed by atoms with Crippen molar-refractivity contribution < 1.29 is 19.0 Å². The average Bonchev–Trinajstić information content (AvgIpc) is 2.66. The van der Waals surface area contributed by atoms with Gasteiger partial charge in [0.25, 0.3) is 5.91 Å². The molecule has 0 aliphatic heterocycles. The second kappa shape index (κ2) is 8.58. The SMILES string of the molecule is C=CCNc1ccc(NC(=O)c2cc(OC)c(OC)c(OC)c2)nc1. The van der Waals surface area contributed by atoms with Gasteiger partial charge in [-0.1, -0.05) is 6.08 Å². The molecule has 1 amide bonds. The fraction of sp³-hybridized carbons (Fsp3) is 0.222. The van der Waals surface area contributed by atoms with E-state index in [2.05, 4.69) is 22.2 Å². The highest BCUT2D eigenvalue weighted by atomic mass is 16.5. The number of anilines is 2. The van der Waals surface area contributed by atoms with Gasteiger partial charge in [0.05, 0.1) is 33.2 Å². The summed E-state index contributed by atoms with van der Waals surface area (Å²) in [7, 11) is 4.50. The number of carbonyl (C=O) groups excluding carboxylic acids is 1. The summed E-state index contributed by atoms with van der Waals surface area (Å²) >= 11 is 0. The zero-order chi connectivity index (χ0) is 18.2. The van der Waals surface area contributed by atoms with Crippen LogP contribution in [-0.2, 0) is 0 Å². The lowest BCUT2D eigenvalue weighted by molar-refractivity contribution is 0.102. The Bertz CT molecular complexity index is 719. The summed E-state index contributed by atoms with van der Waals surface area (Å²) < 4.78 is 15.8. The molecule has 0 atom stereocenters. The molecule has 2 aromatic rings. The summed E-state index contributed by atoms with van der Waals surface area (Å²) in [5.41, 5.74) is 1.20. The van der Waals surface area contributed by atoms with E-state index in [0.29, 0.717) is 35.2 Å². The van der Waals surface area contributed by atoms with E-state index in [9.17, 15) is 4.79 Å². The van der Waals surface area contributed by atoms with Crippen LogP contribution in [0.5, 0.6) is 17.2 Å².